The Morgan fingerprint density at radius 3 is 2.04 bits per heavy atom. The van der Waals surface area contributed by atoms with Gasteiger partial charge in [-0.05, 0) is 47.4 Å². The summed E-state index contributed by atoms with van der Waals surface area (Å²) in [5.74, 6) is 1.18. The molecule has 2 aromatic carbocycles. The molecule has 0 heterocycles. The summed E-state index contributed by atoms with van der Waals surface area (Å²) in [7, 11) is 0. The maximum absolute atomic E-state index is 12.0. The van der Waals surface area contributed by atoms with Crippen molar-refractivity contribution in [3.05, 3.63) is 54.1 Å². The van der Waals surface area contributed by atoms with Crippen LogP contribution < -0.4 is 20.5 Å². The van der Waals surface area contributed by atoms with Crippen LogP contribution in [0.15, 0.2) is 48.5 Å². The summed E-state index contributed by atoms with van der Waals surface area (Å²) in [6.07, 6.45) is 0. The van der Waals surface area contributed by atoms with Gasteiger partial charge < -0.3 is 20.5 Å². The third kappa shape index (κ3) is 6.94. The topological polar surface area (TPSA) is 73.6 Å². The second-order valence-corrected chi connectivity index (χ2v) is 6.77. The Bertz CT molecular complexity index is 680. The Balaban J connectivity index is 0.00000338. The molecule has 2 rings (SSSR count). The zero-order chi connectivity index (χ0) is 18.3. The van der Waals surface area contributed by atoms with Crippen LogP contribution in [0.3, 0.4) is 0 Å². The fraction of sp³-hybridized carbons (Fsp3) is 0.350. The van der Waals surface area contributed by atoms with Gasteiger partial charge in [-0.25, -0.2) is 0 Å². The predicted molar refractivity (Wildman–Crippen MR) is 108 cm³/mol. The normalized spacial score (nSPS) is 10.6. The Hall–Kier alpha value is -2.24. The number of nitrogens with one attached hydrogen (secondary N) is 1. The van der Waals surface area contributed by atoms with E-state index in [2.05, 4.69) is 26.1 Å². The van der Waals surface area contributed by atoms with Crippen LogP contribution in [-0.4, -0.2) is 25.7 Å². The standard InChI is InChI=1S/C20H26N2O3.ClH/c1-20(2,3)15-4-8-18(9-5-15)25-14-19(23)22-16-6-10-17(11-7-16)24-13-12-21;/h4-11H,12-14,21H2,1-3H3,(H,22,23);1H. The first-order chi connectivity index (χ1) is 11.9. The van der Waals surface area contributed by atoms with E-state index < -0.39 is 0 Å². The van der Waals surface area contributed by atoms with E-state index in [4.69, 9.17) is 15.2 Å². The van der Waals surface area contributed by atoms with Crippen molar-refractivity contribution in [2.75, 3.05) is 25.1 Å². The number of carbonyl (C=O) groups is 1. The van der Waals surface area contributed by atoms with E-state index in [0.29, 0.717) is 24.6 Å². The zero-order valence-electron chi connectivity index (χ0n) is 15.5. The van der Waals surface area contributed by atoms with Crippen molar-refractivity contribution < 1.29 is 14.3 Å². The number of hydrogen-bond acceptors (Lipinski definition) is 4. The van der Waals surface area contributed by atoms with Crippen LogP contribution in [0.4, 0.5) is 5.69 Å². The van der Waals surface area contributed by atoms with Crippen LogP contribution in [0.1, 0.15) is 26.3 Å². The molecule has 0 atom stereocenters. The molecule has 0 spiro atoms. The summed E-state index contributed by atoms with van der Waals surface area (Å²) in [5.41, 5.74) is 7.39. The van der Waals surface area contributed by atoms with Gasteiger partial charge in [0.25, 0.3) is 5.91 Å². The SMILES string of the molecule is CC(C)(C)c1ccc(OCC(=O)Nc2ccc(OCCN)cc2)cc1.Cl. The first-order valence-electron chi connectivity index (χ1n) is 8.34. The zero-order valence-corrected chi connectivity index (χ0v) is 16.3. The Labute approximate surface area is 161 Å². The number of benzene rings is 2. The molecule has 1 amide bonds. The molecule has 0 aliphatic carbocycles. The lowest BCUT2D eigenvalue weighted by atomic mass is 9.87. The largest absolute Gasteiger partial charge is 0.492 e. The minimum Gasteiger partial charge on any atom is -0.492 e. The number of rotatable bonds is 7. The number of nitrogens with two attached hydrogens (primary N) is 1. The molecular weight excluding hydrogens is 352 g/mol. The fourth-order valence-corrected chi connectivity index (χ4v) is 2.21. The van der Waals surface area contributed by atoms with Crippen LogP contribution >= 0.6 is 12.4 Å². The monoisotopic (exact) mass is 378 g/mol. The Morgan fingerprint density at radius 1 is 0.962 bits per heavy atom. The average molecular weight is 379 g/mol. The van der Waals surface area contributed by atoms with Crippen molar-refractivity contribution in [1.82, 2.24) is 0 Å². The first kappa shape index (κ1) is 21.8. The molecule has 0 aliphatic rings. The molecule has 0 saturated carbocycles. The van der Waals surface area contributed by atoms with Crippen LogP contribution in [0.25, 0.3) is 0 Å². The van der Waals surface area contributed by atoms with Gasteiger partial charge in [-0.15, -0.1) is 12.4 Å². The average Bonchev–Trinajstić information content (AvgIpc) is 2.59. The van der Waals surface area contributed by atoms with Crippen LogP contribution in [-0.2, 0) is 10.2 Å². The van der Waals surface area contributed by atoms with Crippen molar-refractivity contribution in [1.29, 1.82) is 0 Å². The van der Waals surface area contributed by atoms with Crippen molar-refractivity contribution in [3.63, 3.8) is 0 Å². The molecule has 0 aromatic heterocycles. The lowest BCUT2D eigenvalue weighted by molar-refractivity contribution is -0.118. The highest BCUT2D eigenvalue weighted by Gasteiger charge is 2.13. The van der Waals surface area contributed by atoms with Gasteiger partial charge in [0.1, 0.15) is 18.1 Å². The molecule has 142 valence electrons. The second-order valence-electron chi connectivity index (χ2n) is 6.77. The Kier molecular flexibility index (Phi) is 8.42. The number of amides is 1. The van der Waals surface area contributed by atoms with E-state index in [1.165, 1.54) is 5.56 Å². The highest BCUT2D eigenvalue weighted by Crippen LogP contribution is 2.24. The van der Waals surface area contributed by atoms with Crippen LogP contribution in [0.5, 0.6) is 11.5 Å². The van der Waals surface area contributed by atoms with Gasteiger partial charge in [-0.1, -0.05) is 32.9 Å². The maximum Gasteiger partial charge on any atom is 0.262 e. The van der Waals surface area contributed by atoms with E-state index in [0.717, 1.165) is 5.75 Å². The second kappa shape index (κ2) is 10.0. The predicted octanol–water partition coefficient (Wildman–Crippen LogP) is 3.76. The van der Waals surface area contributed by atoms with E-state index in [1.807, 2.05) is 24.3 Å². The molecule has 6 heteroatoms. The lowest BCUT2D eigenvalue weighted by Gasteiger charge is -2.19. The highest BCUT2D eigenvalue weighted by molar-refractivity contribution is 5.91. The quantitative estimate of drug-likeness (QED) is 0.769. The summed E-state index contributed by atoms with van der Waals surface area (Å²) in [6, 6.07) is 15.0. The van der Waals surface area contributed by atoms with E-state index in [-0.39, 0.29) is 30.3 Å². The summed E-state index contributed by atoms with van der Waals surface area (Å²) in [6.45, 7) is 7.36. The van der Waals surface area contributed by atoms with Gasteiger partial charge in [0.05, 0.1) is 0 Å². The minimum absolute atomic E-state index is 0. The van der Waals surface area contributed by atoms with Crippen LogP contribution in [0, 0.1) is 0 Å². The number of carbonyl (C=O) groups excluding carboxylic acids is 1. The molecule has 3 N–H and O–H groups in total. The van der Waals surface area contributed by atoms with Gasteiger partial charge >= 0.3 is 0 Å². The Morgan fingerprint density at radius 2 is 1.50 bits per heavy atom. The van der Waals surface area contributed by atoms with Gasteiger partial charge in [-0.2, -0.15) is 0 Å². The van der Waals surface area contributed by atoms with Gasteiger partial charge in [-0.3, -0.25) is 4.79 Å². The number of ether oxygens (including phenoxy) is 2. The lowest BCUT2D eigenvalue weighted by Crippen LogP contribution is -2.20. The molecule has 0 bridgehead atoms. The van der Waals surface area contributed by atoms with Gasteiger partial charge in [0, 0.05) is 12.2 Å². The van der Waals surface area contributed by atoms with Gasteiger partial charge in [0.15, 0.2) is 6.61 Å². The minimum atomic E-state index is -0.212. The molecule has 0 aliphatic heterocycles. The summed E-state index contributed by atoms with van der Waals surface area (Å²) < 4.78 is 10.9. The number of hydrogen-bond donors (Lipinski definition) is 2. The fourth-order valence-electron chi connectivity index (χ4n) is 2.21. The molecule has 26 heavy (non-hydrogen) atoms. The van der Waals surface area contributed by atoms with E-state index >= 15 is 0 Å². The third-order valence-electron chi connectivity index (χ3n) is 3.61. The highest BCUT2D eigenvalue weighted by atomic mass is 35.5. The van der Waals surface area contributed by atoms with Crippen molar-refractivity contribution >= 4 is 24.0 Å². The molecule has 2 aromatic rings. The summed E-state index contributed by atoms with van der Waals surface area (Å²) >= 11 is 0. The molecule has 0 unspecified atom stereocenters. The number of halogens is 1. The van der Waals surface area contributed by atoms with Crippen molar-refractivity contribution in [3.8, 4) is 11.5 Å². The molecule has 0 saturated heterocycles. The van der Waals surface area contributed by atoms with Gasteiger partial charge in [0.2, 0.25) is 0 Å². The summed E-state index contributed by atoms with van der Waals surface area (Å²) in [5, 5.41) is 2.79. The molecular formula is C20H27ClN2O3. The van der Waals surface area contributed by atoms with E-state index in [9.17, 15) is 4.79 Å². The molecule has 5 nitrogen and oxygen atoms in total. The van der Waals surface area contributed by atoms with Crippen molar-refractivity contribution in [2.24, 2.45) is 5.73 Å². The van der Waals surface area contributed by atoms with E-state index in [1.54, 1.807) is 24.3 Å². The van der Waals surface area contributed by atoms with Crippen molar-refractivity contribution in [2.45, 2.75) is 26.2 Å². The first-order valence-corrected chi connectivity index (χ1v) is 8.34. The number of anilines is 1. The van der Waals surface area contributed by atoms with Crippen LogP contribution in [0.2, 0.25) is 0 Å². The molecule has 0 radical (unpaired) electrons. The molecule has 0 fully saturated rings. The maximum atomic E-state index is 12.0. The summed E-state index contributed by atoms with van der Waals surface area (Å²) in [4.78, 5) is 12.0. The smallest absolute Gasteiger partial charge is 0.262 e. The third-order valence-corrected chi connectivity index (χ3v) is 3.61.